The molecule has 3 aliphatic rings. The molecule has 8 nitrogen and oxygen atoms in total. The second-order valence-corrected chi connectivity index (χ2v) is 12.9. The maximum atomic E-state index is 13.1. The summed E-state index contributed by atoms with van der Waals surface area (Å²) in [6.45, 7) is 0. The van der Waals surface area contributed by atoms with Gasteiger partial charge in [0.25, 0.3) is 0 Å². The van der Waals surface area contributed by atoms with E-state index in [0.717, 1.165) is 22.7 Å². The van der Waals surface area contributed by atoms with E-state index in [1.54, 1.807) is 36.4 Å². The van der Waals surface area contributed by atoms with Gasteiger partial charge >= 0.3 is 11.9 Å². The molecule has 2 N–H and O–H groups in total. The van der Waals surface area contributed by atoms with Crippen LogP contribution in [-0.2, 0) is 19.9 Å². The number of benzene rings is 2. The second-order valence-electron chi connectivity index (χ2n) is 11.0. The number of hydrogen-bond donors (Lipinski definition) is 2. The van der Waals surface area contributed by atoms with E-state index in [0.29, 0.717) is 39.4 Å². The average Bonchev–Trinajstić information content (AvgIpc) is 3.25. The van der Waals surface area contributed by atoms with E-state index in [9.17, 15) is 19.8 Å². The highest BCUT2D eigenvalue weighted by molar-refractivity contribution is 7.12. The van der Waals surface area contributed by atoms with Gasteiger partial charge in [0, 0.05) is 12.8 Å². The molecule has 4 unspecified atom stereocenters. The fourth-order valence-electron chi connectivity index (χ4n) is 6.24. The second kappa shape index (κ2) is 9.97. The molecule has 2 aromatic heterocycles. The van der Waals surface area contributed by atoms with Gasteiger partial charge in [0.05, 0.1) is 29.4 Å². The summed E-state index contributed by atoms with van der Waals surface area (Å²) in [7, 11) is 4.49. The number of carboxylic acids is 1. The van der Waals surface area contributed by atoms with Gasteiger partial charge in [0.15, 0.2) is 0 Å². The number of fused-ring (bicyclic) bond motifs is 6. The lowest BCUT2D eigenvalue weighted by Gasteiger charge is -2.45. The molecular weight excluding hydrogens is 550 g/mol. The Morgan fingerprint density at radius 3 is 2.10 bits per heavy atom. The Kier molecular flexibility index (Phi) is 6.71. The zero-order chi connectivity index (χ0) is 28.2. The lowest BCUT2D eigenvalue weighted by molar-refractivity contribution is -0.938. The van der Waals surface area contributed by atoms with Gasteiger partial charge in [0.1, 0.15) is 30.4 Å². The number of aliphatic hydroxyl groups is 1. The monoisotopic (exact) mass is 579 g/mol. The first-order valence-corrected chi connectivity index (χ1v) is 14.8. The number of quaternary nitrogens is 1. The van der Waals surface area contributed by atoms with Crippen LogP contribution in [0.2, 0.25) is 0 Å². The quantitative estimate of drug-likeness (QED) is 0.209. The number of carbonyl (C=O) groups is 2. The van der Waals surface area contributed by atoms with E-state index in [1.165, 1.54) is 28.7 Å². The molecular formula is C30H29NO7S2. The van der Waals surface area contributed by atoms with E-state index in [-0.39, 0.29) is 11.7 Å². The number of ether oxygens (including phenoxy) is 2. The molecule has 5 heterocycles. The summed E-state index contributed by atoms with van der Waals surface area (Å²) in [4.78, 5) is 25.0. The summed E-state index contributed by atoms with van der Waals surface area (Å²) in [6, 6.07) is 17.9. The van der Waals surface area contributed by atoms with Crippen LogP contribution in [-0.4, -0.2) is 71.1 Å². The number of morpholine rings is 1. The highest BCUT2D eigenvalue weighted by Gasteiger charge is 2.71. The Morgan fingerprint density at radius 1 is 0.950 bits per heavy atom. The number of piperidine rings is 1. The summed E-state index contributed by atoms with van der Waals surface area (Å²) in [5, 5.41) is 36.6. The van der Waals surface area contributed by atoms with Gasteiger partial charge in [-0.25, -0.2) is 9.59 Å². The number of thiophene rings is 2. The Labute approximate surface area is 239 Å². The molecule has 0 spiro atoms. The number of aromatic carboxylic acids is 1. The molecule has 2 aromatic carbocycles. The minimum Gasteiger partial charge on any atom is -0.871 e. The predicted molar refractivity (Wildman–Crippen MR) is 149 cm³/mol. The molecule has 3 aliphatic heterocycles. The SMILES string of the molecule is C[N+]1(C)C2CC(OC(=O)C(O)(c3cccs3)c3cccs3)CC1C1OC12.O=C(O)c1ccc2ccccc2c1[O-]. The van der Waals surface area contributed by atoms with Crippen LogP contribution in [0, 0.1) is 0 Å². The van der Waals surface area contributed by atoms with Crippen molar-refractivity contribution in [3.05, 3.63) is 86.7 Å². The average molecular weight is 580 g/mol. The lowest BCUT2D eigenvalue weighted by Crippen LogP contribution is -2.60. The normalized spacial score (nSPS) is 25.9. The zero-order valence-corrected chi connectivity index (χ0v) is 23.6. The van der Waals surface area contributed by atoms with Crippen LogP contribution in [0.25, 0.3) is 10.8 Å². The van der Waals surface area contributed by atoms with Crippen LogP contribution in [0.4, 0.5) is 0 Å². The van der Waals surface area contributed by atoms with Crippen molar-refractivity contribution >= 4 is 45.4 Å². The van der Waals surface area contributed by atoms with E-state index in [1.807, 2.05) is 29.0 Å². The van der Waals surface area contributed by atoms with Crippen LogP contribution >= 0.6 is 22.7 Å². The van der Waals surface area contributed by atoms with Gasteiger partial charge < -0.3 is 29.3 Å². The summed E-state index contributed by atoms with van der Waals surface area (Å²) >= 11 is 2.74. The number of hydrogen-bond acceptors (Lipinski definition) is 8. The molecule has 0 amide bonds. The standard InChI is InChI=1S/C19H22NO4S2.C11H8O3/c1-20(2)12-9-11(10-13(20)17-16(12)24-17)23-18(21)19(22,14-5-3-7-25-14)15-6-4-8-26-15;12-10-8-4-2-1-3-7(8)5-6-9(10)11(13)14/h3-8,11-13,16-17,22H,9-10H2,1-2H3;1-6,12H,(H,13,14)/q+1;/p-1. The minimum atomic E-state index is -1.72. The summed E-state index contributed by atoms with van der Waals surface area (Å²) in [6.07, 6.45) is 2.05. The van der Waals surface area contributed by atoms with Crippen molar-refractivity contribution < 1.29 is 38.9 Å². The molecule has 0 radical (unpaired) electrons. The summed E-state index contributed by atoms with van der Waals surface area (Å²) in [5.41, 5.74) is -1.90. The first-order chi connectivity index (χ1) is 19.1. The third-order valence-electron chi connectivity index (χ3n) is 8.47. The molecule has 4 atom stereocenters. The lowest BCUT2D eigenvalue weighted by atomic mass is 9.95. The maximum absolute atomic E-state index is 13.1. The zero-order valence-electron chi connectivity index (χ0n) is 21.9. The number of rotatable bonds is 5. The van der Waals surface area contributed by atoms with Crippen molar-refractivity contribution in [3.63, 3.8) is 0 Å². The van der Waals surface area contributed by atoms with Gasteiger partial charge in [-0.1, -0.05) is 48.2 Å². The van der Waals surface area contributed by atoms with Gasteiger partial charge in [-0.3, -0.25) is 0 Å². The molecule has 0 saturated carbocycles. The molecule has 3 saturated heterocycles. The Bertz CT molecular complexity index is 1500. The van der Waals surface area contributed by atoms with Crippen LogP contribution < -0.4 is 5.11 Å². The van der Waals surface area contributed by atoms with Gasteiger partial charge in [-0.05, 0) is 39.7 Å². The highest BCUT2D eigenvalue weighted by Crippen LogP contribution is 2.52. The number of epoxide rings is 1. The summed E-state index contributed by atoms with van der Waals surface area (Å²) < 4.78 is 12.6. The van der Waals surface area contributed by atoms with Crippen LogP contribution in [0.5, 0.6) is 5.75 Å². The number of esters is 1. The van der Waals surface area contributed by atoms with Gasteiger partial charge in [-0.2, -0.15) is 0 Å². The number of nitrogens with zero attached hydrogens (tertiary/aromatic N) is 1. The topological polar surface area (TPSA) is 119 Å². The van der Waals surface area contributed by atoms with Crippen LogP contribution in [0.3, 0.4) is 0 Å². The van der Waals surface area contributed by atoms with E-state index < -0.39 is 23.3 Å². The van der Waals surface area contributed by atoms with Crippen LogP contribution in [0.15, 0.2) is 71.4 Å². The fraction of sp³-hybridized carbons (Fsp3) is 0.333. The van der Waals surface area contributed by atoms with Crippen molar-refractivity contribution in [3.8, 4) is 5.75 Å². The van der Waals surface area contributed by atoms with Crippen molar-refractivity contribution in [2.24, 2.45) is 0 Å². The van der Waals surface area contributed by atoms with Crippen molar-refractivity contribution in [2.75, 3.05) is 14.1 Å². The highest BCUT2D eigenvalue weighted by atomic mass is 32.1. The molecule has 2 bridgehead atoms. The molecule has 3 fully saturated rings. The van der Waals surface area contributed by atoms with Gasteiger partial charge in [0.2, 0.25) is 5.60 Å². The number of carbonyl (C=O) groups excluding carboxylic acids is 1. The molecule has 10 heteroatoms. The Morgan fingerprint density at radius 2 is 1.55 bits per heavy atom. The number of carboxylic acid groups (broad SMARTS) is 1. The first kappa shape index (κ1) is 26.9. The van der Waals surface area contributed by atoms with E-state index in [2.05, 4.69) is 14.1 Å². The van der Waals surface area contributed by atoms with Gasteiger partial charge in [-0.15, -0.1) is 22.7 Å². The minimum absolute atomic E-state index is 0.161. The largest absolute Gasteiger partial charge is 0.871 e. The Hall–Kier alpha value is -3.28. The van der Waals surface area contributed by atoms with E-state index >= 15 is 0 Å². The maximum Gasteiger partial charge on any atom is 0.349 e. The van der Waals surface area contributed by atoms with Crippen molar-refractivity contribution in [1.82, 2.24) is 0 Å². The predicted octanol–water partition coefficient (Wildman–Crippen LogP) is 3.96. The molecule has 0 aliphatic carbocycles. The first-order valence-electron chi connectivity index (χ1n) is 13.0. The van der Waals surface area contributed by atoms with E-state index in [4.69, 9.17) is 14.6 Å². The van der Waals surface area contributed by atoms with Crippen molar-refractivity contribution in [2.45, 2.75) is 48.8 Å². The summed E-state index contributed by atoms with van der Waals surface area (Å²) in [5.74, 6) is -2.16. The third-order valence-corrected chi connectivity index (χ3v) is 10.4. The smallest absolute Gasteiger partial charge is 0.349 e. The molecule has 7 rings (SSSR count). The number of likely N-dealkylation sites (N-methyl/N-ethyl adjacent to an activating group) is 1. The van der Waals surface area contributed by atoms with Crippen molar-refractivity contribution in [1.29, 1.82) is 0 Å². The molecule has 40 heavy (non-hydrogen) atoms. The Balaban J connectivity index is 0.000000175. The van der Waals surface area contributed by atoms with Crippen LogP contribution in [0.1, 0.15) is 33.0 Å². The fourth-order valence-corrected chi connectivity index (χ4v) is 7.96. The molecule has 4 aromatic rings. The third kappa shape index (κ3) is 4.40. The molecule has 208 valence electrons.